The molecule has 0 aliphatic carbocycles. The van der Waals surface area contributed by atoms with E-state index in [0.29, 0.717) is 18.0 Å². The highest BCUT2D eigenvalue weighted by atomic mass is 15.3. The van der Waals surface area contributed by atoms with Crippen LogP contribution in [-0.4, -0.2) is 47.3 Å². The lowest BCUT2D eigenvalue weighted by molar-refractivity contribution is 0.315. The van der Waals surface area contributed by atoms with Crippen LogP contribution in [-0.2, 0) is 0 Å². The minimum atomic E-state index is 0.452. The summed E-state index contributed by atoms with van der Waals surface area (Å²) in [5, 5.41) is 8.88. The molecule has 4 heteroatoms. The zero-order valence-electron chi connectivity index (χ0n) is 12.2. The Hall–Kier alpha value is -1.16. The minimum absolute atomic E-state index is 0.452. The number of hydrogen-bond donors (Lipinski definition) is 0. The number of hydrogen-bond acceptors (Lipinski definition) is 4. The van der Waals surface area contributed by atoms with Crippen LogP contribution in [0.5, 0.6) is 0 Å². The maximum atomic E-state index is 4.49. The Balaban J connectivity index is 1.84. The zero-order chi connectivity index (χ0) is 13.4. The second-order valence-corrected chi connectivity index (χ2v) is 6.31. The largest absolute Gasteiger partial charge is 0.348 e. The molecule has 1 aromatic rings. The van der Waals surface area contributed by atoms with Gasteiger partial charge < -0.3 is 9.80 Å². The van der Waals surface area contributed by atoms with Crippen molar-refractivity contribution in [1.82, 2.24) is 15.1 Å². The number of likely N-dealkylation sites (N-methyl/N-ethyl adjacent to an activating group) is 1. The Morgan fingerprint density at radius 2 is 1.89 bits per heavy atom. The lowest BCUT2D eigenvalue weighted by atomic mass is 10.1. The van der Waals surface area contributed by atoms with Gasteiger partial charge in [-0.05, 0) is 50.9 Å². The highest BCUT2D eigenvalue weighted by molar-refractivity contribution is 5.43. The van der Waals surface area contributed by atoms with Crippen LogP contribution in [0.4, 0.5) is 5.82 Å². The Kier molecular flexibility index (Phi) is 3.44. The fourth-order valence-electron chi connectivity index (χ4n) is 3.40. The van der Waals surface area contributed by atoms with E-state index in [4.69, 9.17) is 0 Å². The van der Waals surface area contributed by atoms with Crippen LogP contribution < -0.4 is 4.90 Å². The van der Waals surface area contributed by atoms with Crippen molar-refractivity contribution < 1.29 is 0 Å². The summed E-state index contributed by atoms with van der Waals surface area (Å²) in [5.41, 5.74) is 1.09. The molecule has 0 spiro atoms. The molecule has 104 valence electrons. The molecule has 4 nitrogen and oxygen atoms in total. The zero-order valence-corrected chi connectivity index (χ0v) is 12.2. The first-order valence-electron chi connectivity index (χ1n) is 7.45. The summed E-state index contributed by atoms with van der Waals surface area (Å²) in [7, 11) is 2.23. The summed E-state index contributed by atoms with van der Waals surface area (Å²) >= 11 is 0. The van der Waals surface area contributed by atoms with Gasteiger partial charge in [-0.3, -0.25) is 0 Å². The van der Waals surface area contributed by atoms with Gasteiger partial charge >= 0.3 is 0 Å². The molecule has 2 bridgehead atoms. The first-order valence-corrected chi connectivity index (χ1v) is 7.45. The van der Waals surface area contributed by atoms with Gasteiger partial charge in [0.1, 0.15) is 0 Å². The number of rotatable bonds is 2. The third-order valence-corrected chi connectivity index (χ3v) is 4.51. The highest BCUT2D eigenvalue weighted by Gasteiger charge is 2.37. The third-order valence-electron chi connectivity index (χ3n) is 4.51. The molecule has 2 atom stereocenters. The molecule has 0 radical (unpaired) electrons. The van der Waals surface area contributed by atoms with Crippen molar-refractivity contribution in [2.45, 2.75) is 51.1 Å². The molecule has 0 amide bonds. The van der Waals surface area contributed by atoms with E-state index in [1.807, 2.05) is 0 Å². The molecular formula is C15H24N4. The van der Waals surface area contributed by atoms with Crippen molar-refractivity contribution in [3.8, 4) is 0 Å². The number of nitrogens with zero attached hydrogens (tertiary/aromatic N) is 4. The molecule has 0 unspecified atom stereocenters. The number of fused-ring (bicyclic) bond motifs is 2. The summed E-state index contributed by atoms with van der Waals surface area (Å²) in [6, 6.07) is 5.59. The molecule has 0 saturated carbocycles. The average molecular weight is 260 g/mol. The predicted octanol–water partition coefficient (Wildman–Crippen LogP) is 2.27. The van der Waals surface area contributed by atoms with Gasteiger partial charge in [-0.25, -0.2) is 0 Å². The predicted molar refractivity (Wildman–Crippen MR) is 77.5 cm³/mol. The Morgan fingerprint density at radius 1 is 1.11 bits per heavy atom. The smallest absolute Gasteiger partial charge is 0.151 e. The molecule has 2 aliphatic rings. The van der Waals surface area contributed by atoms with Crippen LogP contribution >= 0.6 is 0 Å². The molecular weight excluding hydrogens is 236 g/mol. The van der Waals surface area contributed by atoms with Crippen LogP contribution in [0.3, 0.4) is 0 Å². The first-order chi connectivity index (χ1) is 9.15. The average Bonchev–Trinajstić information content (AvgIpc) is 2.70. The number of likely N-dealkylation sites (tertiary alicyclic amines) is 1. The van der Waals surface area contributed by atoms with Crippen LogP contribution in [0.2, 0.25) is 0 Å². The van der Waals surface area contributed by atoms with Gasteiger partial charge in [0.15, 0.2) is 5.82 Å². The summed E-state index contributed by atoms with van der Waals surface area (Å²) in [6.45, 7) is 6.68. The SMILES string of the molecule is CC(C)c1ccc(N2[C@@H]3CC[C@H]2CN(C)CC3)nn1. The van der Waals surface area contributed by atoms with Gasteiger partial charge in [0, 0.05) is 18.6 Å². The van der Waals surface area contributed by atoms with E-state index in [2.05, 4.69) is 53.0 Å². The second-order valence-electron chi connectivity index (χ2n) is 6.31. The Labute approximate surface area is 115 Å². The standard InChI is InChI=1S/C15H24N4/c1-11(2)14-6-7-15(17-16-14)19-12-4-5-13(19)10-18(3)9-8-12/h6-7,11-13H,4-5,8-10H2,1-3H3/t12-,13+/m1/s1. The fourth-order valence-corrected chi connectivity index (χ4v) is 3.40. The van der Waals surface area contributed by atoms with E-state index < -0.39 is 0 Å². The van der Waals surface area contributed by atoms with Crippen molar-refractivity contribution >= 4 is 5.82 Å². The topological polar surface area (TPSA) is 32.3 Å². The van der Waals surface area contributed by atoms with Gasteiger partial charge in [0.25, 0.3) is 0 Å². The van der Waals surface area contributed by atoms with E-state index in [-0.39, 0.29) is 0 Å². The lowest BCUT2D eigenvalue weighted by Gasteiger charge is -2.29. The molecule has 19 heavy (non-hydrogen) atoms. The number of aromatic nitrogens is 2. The molecule has 0 N–H and O–H groups in total. The van der Waals surface area contributed by atoms with Crippen molar-refractivity contribution in [3.05, 3.63) is 17.8 Å². The molecule has 3 rings (SSSR count). The van der Waals surface area contributed by atoms with E-state index in [1.54, 1.807) is 0 Å². The molecule has 1 aromatic heterocycles. The van der Waals surface area contributed by atoms with Gasteiger partial charge in [-0.2, -0.15) is 5.10 Å². The number of anilines is 1. The molecule has 2 aliphatic heterocycles. The summed E-state index contributed by atoms with van der Waals surface area (Å²) in [6.07, 6.45) is 3.86. The van der Waals surface area contributed by atoms with Crippen molar-refractivity contribution in [2.75, 3.05) is 25.0 Å². The van der Waals surface area contributed by atoms with Crippen LogP contribution in [0.25, 0.3) is 0 Å². The summed E-state index contributed by atoms with van der Waals surface area (Å²) in [5.74, 6) is 1.53. The van der Waals surface area contributed by atoms with Crippen molar-refractivity contribution in [1.29, 1.82) is 0 Å². The van der Waals surface area contributed by atoms with Crippen molar-refractivity contribution in [3.63, 3.8) is 0 Å². The van der Waals surface area contributed by atoms with Gasteiger partial charge in [-0.15, -0.1) is 5.10 Å². The van der Waals surface area contributed by atoms with Crippen LogP contribution in [0, 0.1) is 0 Å². The van der Waals surface area contributed by atoms with Crippen LogP contribution in [0.1, 0.15) is 44.7 Å². The van der Waals surface area contributed by atoms with Gasteiger partial charge in [0.05, 0.1) is 5.69 Å². The van der Waals surface area contributed by atoms with Crippen LogP contribution in [0.15, 0.2) is 12.1 Å². The maximum Gasteiger partial charge on any atom is 0.151 e. The maximum absolute atomic E-state index is 4.49. The highest BCUT2D eigenvalue weighted by Crippen LogP contribution is 2.33. The molecule has 2 saturated heterocycles. The molecule has 3 heterocycles. The summed E-state index contributed by atoms with van der Waals surface area (Å²) in [4.78, 5) is 4.98. The van der Waals surface area contributed by atoms with Crippen molar-refractivity contribution in [2.24, 2.45) is 0 Å². The second kappa shape index (κ2) is 5.08. The third kappa shape index (κ3) is 2.46. The quantitative estimate of drug-likeness (QED) is 0.816. The molecule has 0 aromatic carbocycles. The normalized spacial score (nSPS) is 27.9. The van der Waals surface area contributed by atoms with E-state index >= 15 is 0 Å². The van der Waals surface area contributed by atoms with Gasteiger partial charge in [0.2, 0.25) is 0 Å². The first kappa shape index (κ1) is 12.9. The minimum Gasteiger partial charge on any atom is -0.348 e. The summed E-state index contributed by atoms with van der Waals surface area (Å²) < 4.78 is 0. The van der Waals surface area contributed by atoms with E-state index in [9.17, 15) is 0 Å². The molecule has 2 fully saturated rings. The fraction of sp³-hybridized carbons (Fsp3) is 0.733. The van der Waals surface area contributed by atoms with E-state index in [0.717, 1.165) is 18.1 Å². The Morgan fingerprint density at radius 3 is 2.58 bits per heavy atom. The monoisotopic (exact) mass is 260 g/mol. The van der Waals surface area contributed by atoms with E-state index in [1.165, 1.54) is 25.8 Å². The van der Waals surface area contributed by atoms with Gasteiger partial charge in [-0.1, -0.05) is 13.8 Å². The lowest BCUT2D eigenvalue weighted by Crippen LogP contribution is -2.39. The Bertz CT molecular complexity index is 428.